The van der Waals surface area contributed by atoms with E-state index in [1.807, 2.05) is 38.1 Å². The molecule has 6 nitrogen and oxygen atoms in total. The Labute approximate surface area is 199 Å². The van der Waals surface area contributed by atoms with E-state index in [4.69, 9.17) is 9.15 Å². The van der Waals surface area contributed by atoms with Crippen molar-refractivity contribution < 1.29 is 23.8 Å². The Kier molecular flexibility index (Phi) is 5.86. The Morgan fingerprint density at radius 2 is 1.79 bits per heavy atom. The molecule has 1 saturated heterocycles. The number of benzene rings is 2. The van der Waals surface area contributed by atoms with Crippen molar-refractivity contribution >= 4 is 23.1 Å². The van der Waals surface area contributed by atoms with E-state index in [9.17, 15) is 14.7 Å². The second kappa shape index (κ2) is 8.52. The number of methoxy groups -OCH3 is 1. The first kappa shape index (κ1) is 23.4. The Hall–Kier alpha value is -3.80. The molecule has 0 saturated carbocycles. The van der Waals surface area contributed by atoms with Crippen molar-refractivity contribution in [2.75, 3.05) is 12.0 Å². The maximum absolute atomic E-state index is 13.4. The van der Waals surface area contributed by atoms with Crippen molar-refractivity contribution in [3.05, 3.63) is 88.4 Å². The van der Waals surface area contributed by atoms with Crippen molar-refractivity contribution in [3.63, 3.8) is 0 Å². The number of ketones is 1. The van der Waals surface area contributed by atoms with Gasteiger partial charge in [0.05, 0.1) is 24.5 Å². The van der Waals surface area contributed by atoms with Crippen molar-refractivity contribution in [1.29, 1.82) is 0 Å². The van der Waals surface area contributed by atoms with Crippen LogP contribution in [0.1, 0.15) is 54.8 Å². The molecular weight excluding hydrogens is 430 g/mol. The molecule has 176 valence electrons. The number of hydrogen-bond acceptors (Lipinski definition) is 5. The minimum Gasteiger partial charge on any atom is -0.507 e. The molecule has 1 aliphatic heterocycles. The SMILES string of the molecule is COc1ccc(C(C)(C)C)cc1/C(O)=C1\C(=O)C(=O)N(c2ccc(C)cc2C)C1c1ccco1. The summed E-state index contributed by atoms with van der Waals surface area (Å²) in [7, 11) is 1.50. The Bertz CT molecular complexity index is 1290. The molecule has 0 bridgehead atoms. The predicted octanol–water partition coefficient (Wildman–Crippen LogP) is 5.83. The lowest BCUT2D eigenvalue weighted by Crippen LogP contribution is -2.30. The Morgan fingerprint density at radius 1 is 1.06 bits per heavy atom. The van der Waals surface area contributed by atoms with Crippen LogP contribution in [0.15, 0.2) is 64.8 Å². The van der Waals surface area contributed by atoms with Crippen LogP contribution in [0, 0.1) is 13.8 Å². The van der Waals surface area contributed by atoms with Crippen LogP contribution in [0.25, 0.3) is 5.76 Å². The number of carbonyl (C=O) groups excluding carboxylic acids is 2. The molecule has 1 unspecified atom stereocenters. The highest BCUT2D eigenvalue weighted by molar-refractivity contribution is 6.51. The number of nitrogens with zero attached hydrogens (tertiary/aromatic N) is 1. The molecule has 1 atom stereocenters. The van der Waals surface area contributed by atoms with Crippen LogP contribution in [0.3, 0.4) is 0 Å². The number of furan rings is 1. The normalized spacial score (nSPS) is 17.9. The molecule has 0 aliphatic carbocycles. The zero-order valence-electron chi connectivity index (χ0n) is 20.3. The van der Waals surface area contributed by atoms with Crippen LogP contribution in [0.2, 0.25) is 0 Å². The van der Waals surface area contributed by atoms with Gasteiger partial charge in [0.15, 0.2) is 0 Å². The van der Waals surface area contributed by atoms with Gasteiger partial charge in [-0.25, -0.2) is 0 Å². The number of carbonyl (C=O) groups is 2. The summed E-state index contributed by atoms with van der Waals surface area (Å²) in [5, 5.41) is 11.5. The van der Waals surface area contributed by atoms with Gasteiger partial charge in [-0.3, -0.25) is 14.5 Å². The van der Waals surface area contributed by atoms with E-state index >= 15 is 0 Å². The first-order valence-corrected chi connectivity index (χ1v) is 11.1. The van der Waals surface area contributed by atoms with Crippen LogP contribution in [-0.2, 0) is 15.0 Å². The Balaban J connectivity index is 1.98. The Morgan fingerprint density at radius 3 is 2.38 bits per heavy atom. The molecule has 1 aromatic heterocycles. The maximum atomic E-state index is 13.4. The summed E-state index contributed by atoms with van der Waals surface area (Å²) in [4.78, 5) is 28.1. The first-order chi connectivity index (χ1) is 16.0. The third kappa shape index (κ3) is 3.89. The second-order valence-corrected chi connectivity index (χ2v) is 9.64. The fourth-order valence-electron chi connectivity index (χ4n) is 4.38. The smallest absolute Gasteiger partial charge is 0.300 e. The van der Waals surface area contributed by atoms with Crippen LogP contribution in [0.4, 0.5) is 5.69 Å². The molecule has 1 amide bonds. The molecular formula is C28H29NO5. The van der Waals surface area contributed by atoms with Gasteiger partial charge >= 0.3 is 0 Å². The first-order valence-electron chi connectivity index (χ1n) is 11.1. The molecule has 0 spiro atoms. The zero-order valence-corrected chi connectivity index (χ0v) is 20.3. The van der Waals surface area contributed by atoms with Gasteiger partial charge < -0.3 is 14.3 Å². The number of hydrogen-bond donors (Lipinski definition) is 1. The van der Waals surface area contributed by atoms with Gasteiger partial charge in [-0.1, -0.05) is 44.5 Å². The van der Waals surface area contributed by atoms with Crippen LogP contribution < -0.4 is 9.64 Å². The van der Waals surface area contributed by atoms with Crippen molar-refractivity contribution in [2.24, 2.45) is 0 Å². The van der Waals surface area contributed by atoms with Gasteiger partial charge in [-0.05, 0) is 60.7 Å². The van der Waals surface area contributed by atoms with E-state index in [0.717, 1.165) is 16.7 Å². The van der Waals surface area contributed by atoms with Gasteiger partial charge in [0.25, 0.3) is 11.7 Å². The number of Topliss-reactive ketones (excluding diaryl/α,β-unsaturated/α-hetero) is 1. The third-order valence-electron chi connectivity index (χ3n) is 6.19. The summed E-state index contributed by atoms with van der Waals surface area (Å²) in [5.41, 5.74) is 3.53. The van der Waals surface area contributed by atoms with Gasteiger partial charge in [0, 0.05) is 5.69 Å². The van der Waals surface area contributed by atoms with E-state index in [0.29, 0.717) is 22.8 Å². The molecule has 1 fully saturated rings. The minimum absolute atomic E-state index is 0.0377. The lowest BCUT2D eigenvalue weighted by Gasteiger charge is -2.25. The number of amides is 1. The average Bonchev–Trinajstić information content (AvgIpc) is 3.40. The van der Waals surface area contributed by atoms with Gasteiger partial charge in [0.1, 0.15) is 23.3 Å². The van der Waals surface area contributed by atoms with E-state index in [1.165, 1.54) is 18.3 Å². The second-order valence-electron chi connectivity index (χ2n) is 9.64. The largest absolute Gasteiger partial charge is 0.507 e. The summed E-state index contributed by atoms with van der Waals surface area (Å²) in [6.07, 6.45) is 1.48. The highest BCUT2D eigenvalue weighted by atomic mass is 16.5. The van der Waals surface area contributed by atoms with E-state index < -0.39 is 17.7 Å². The molecule has 34 heavy (non-hydrogen) atoms. The molecule has 1 aliphatic rings. The number of ether oxygens (including phenoxy) is 1. The molecule has 0 radical (unpaired) electrons. The lowest BCUT2D eigenvalue weighted by atomic mass is 9.85. The summed E-state index contributed by atoms with van der Waals surface area (Å²) < 4.78 is 11.2. The highest BCUT2D eigenvalue weighted by Crippen LogP contribution is 2.44. The van der Waals surface area contributed by atoms with Crippen molar-refractivity contribution in [2.45, 2.75) is 46.1 Å². The van der Waals surface area contributed by atoms with Gasteiger partial charge in [-0.15, -0.1) is 0 Å². The molecule has 2 heterocycles. The molecule has 6 heteroatoms. The fraction of sp³-hybridized carbons (Fsp3) is 0.286. The third-order valence-corrected chi connectivity index (χ3v) is 6.19. The quantitative estimate of drug-likeness (QED) is 0.302. The van der Waals surface area contributed by atoms with Crippen LogP contribution in [0.5, 0.6) is 5.75 Å². The molecule has 4 rings (SSSR count). The van der Waals surface area contributed by atoms with Crippen LogP contribution >= 0.6 is 0 Å². The monoisotopic (exact) mass is 459 g/mol. The maximum Gasteiger partial charge on any atom is 0.300 e. The molecule has 3 aromatic rings. The number of anilines is 1. The predicted molar refractivity (Wildman–Crippen MR) is 131 cm³/mol. The average molecular weight is 460 g/mol. The van der Waals surface area contributed by atoms with Gasteiger partial charge in [-0.2, -0.15) is 0 Å². The fourth-order valence-corrected chi connectivity index (χ4v) is 4.38. The highest BCUT2D eigenvalue weighted by Gasteiger charge is 2.49. The molecule has 2 aromatic carbocycles. The van der Waals surface area contributed by atoms with Crippen molar-refractivity contribution in [3.8, 4) is 5.75 Å². The molecule has 1 N–H and O–H groups in total. The standard InChI is InChI=1S/C28H29NO5/c1-16-9-11-20(17(2)14-16)29-24(22-8-7-13-34-22)23(26(31)27(29)32)25(30)19-15-18(28(3,4)5)10-12-21(19)33-6/h7-15,24,30H,1-6H3/b25-23+. The lowest BCUT2D eigenvalue weighted by molar-refractivity contribution is -0.132. The topological polar surface area (TPSA) is 80.0 Å². The number of aryl methyl sites for hydroxylation is 2. The van der Waals surface area contributed by atoms with Gasteiger partial charge in [0.2, 0.25) is 0 Å². The van der Waals surface area contributed by atoms with Crippen LogP contribution in [-0.4, -0.2) is 23.9 Å². The van der Waals surface area contributed by atoms with Crippen molar-refractivity contribution in [1.82, 2.24) is 0 Å². The number of aliphatic hydroxyl groups is 1. The summed E-state index contributed by atoms with van der Waals surface area (Å²) in [6.45, 7) is 10.0. The summed E-state index contributed by atoms with van der Waals surface area (Å²) >= 11 is 0. The number of aliphatic hydroxyl groups excluding tert-OH is 1. The summed E-state index contributed by atoms with van der Waals surface area (Å²) in [6, 6.07) is 13.6. The van der Waals surface area contributed by atoms with E-state index in [2.05, 4.69) is 20.8 Å². The van der Waals surface area contributed by atoms with E-state index in [-0.39, 0.29) is 16.7 Å². The minimum atomic E-state index is -0.917. The summed E-state index contributed by atoms with van der Waals surface area (Å²) in [5.74, 6) is -1.01. The zero-order chi connectivity index (χ0) is 24.8. The number of rotatable bonds is 4. The van der Waals surface area contributed by atoms with E-state index in [1.54, 1.807) is 24.3 Å².